The summed E-state index contributed by atoms with van der Waals surface area (Å²) < 4.78 is 0. The molecule has 0 saturated carbocycles. The molecule has 0 fully saturated rings. The number of nitrogens with two attached hydrogens (primary N) is 1. The number of rotatable bonds is 3. The van der Waals surface area contributed by atoms with Crippen molar-refractivity contribution in [2.75, 3.05) is 13.7 Å². The number of nitriles is 1. The van der Waals surface area contributed by atoms with E-state index in [1.807, 2.05) is 0 Å². The summed E-state index contributed by atoms with van der Waals surface area (Å²) in [5, 5.41) is 11.6. The molecule has 0 aromatic rings. The quantitative estimate of drug-likeness (QED) is 0.484. The maximum atomic E-state index is 11.3. The van der Waals surface area contributed by atoms with Gasteiger partial charge in [-0.15, -0.1) is 0 Å². The minimum Gasteiger partial charge on any atom is -0.398 e. The molecule has 0 atom stereocenters. The molecule has 0 heterocycles. The van der Waals surface area contributed by atoms with Crippen molar-refractivity contribution in [3.63, 3.8) is 0 Å². The summed E-state index contributed by atoms with van der Waals surface area (Å²) in [6.45, 7) is 1.61. The van der Waals surface area contributed by atoms with Crippen molar-refractivity contribution in [3.8, 4) is 6.07 Å². The number of nitrogens with zero attached hydrogens (tertiary/aromatic N) is 3. The topological polar surface area (TPSA) is 109 Å². The number of carbonyl (C=O) groups is 2. The van der Waals surface area contributed by atoms with Crippen LogP contribution in [0.5, 0.6) is 0 Å². The zero-order chi connectivity index (χ0) is 11.1. The maximum Gasteiger partial charge on any atom is 0.321 e. The first kappa shape index (κ1) is 11.9. The van der Waals surface area contributed by atoms with Crippen molar-refractivity contribution >= 4 is 17.6 Å². The van der Waals surface area contributed by atoms with Gasteiger partial charge in [-0.3, -0.25) is 9.69 Å². The normalized spacial score (nSPS) is 10.2. The number of oxime groups is 1. The minimum absolute atomic E-state index is 0.0680. The van der Waals surface area contributed by atoms with Gasteiger partial charge in [0.1, 0.15) is 13.2 Å². The fourth-order valence-corrected chi connectivity index (χ4v) is 0.726. The van der Waals surface area contributed by atoms with E-state index in [-0.39, 0.29) is 6.54 Å². The molecule has 7 heteroatoms. The van der Waals surface area contributed by atoms with Crippen LogP contribution >= 0.6 is 0 Å². The standard InChI is InChI=1S/C7H10N4O3/c1-3-11(7(9)13)6(12)5(4-8)10-14-2/h3H2,1-2H3,(H2,9,13). The lowest BCUT2D eigenvalue weighted by Crippen LogP contribution is -2.43. The third-order valence-corrected chi connectivity index (χ3v) is 1.32. The number of hydrogen-bond acceptors (Lipinski definition) is 5. The Morgan fingerprint density at radius 2 is 2.21 bits per heavy atom. The highest BCUT2D eigenvalue weighted by Crippen LogP contribution is 1.92. The maximum absolute atomic E-state index is 11.3. The number of hydrogen-bond donors (Lipinski definition) is 1. The van der Waals surface area contributed by atoms with E-state index in [9.17, 15) is 9.59 Å². The molecule has 76 valence electrons. The molecular weight excluding hydrogens is 188 g/mol. The van der Waals surface area contributed by atoms with E-state index in [0.717, 1.165) is 0 Å². The van der Waals surface area contributed by atoms with Gasteiger partial charge in [-0.2, -0.15) is 5.26 Å². The molecule has 0 rings (SSSR count). The van der Waals surface area contributed by atoms with Crippen LogP contribution < -0.4 is 5.73 Å². The average molecular weight is 198 g/mol. The number of primary amides is 1. The lowest BCUT2D eigenvalue weighted by molar-refractivity contribution is -0.121. The summed E-state index contributed by atoms with van der Waals surface area (Å²) in [6.07, 6.45) is 0. The van der Waals surface area contributed by atoms with Crippen LogP contribution in [0.25, 0.3) is 0 Å². The largest absolute Gasteiger partial charge is 0.398 e. The van der Waals surface area contributed by atoms with Gasteiger partial charge in [-0.05, 0) is 6.92 Å². The van der Waals surface area contributed by atoms with Gasteiger partial charge in [-0.25, -0.2) is 4.79 Å². The summed E-state index contributed by atoms with van der Waals surface area (Å²) in [6, 6.07) is 0.565. The van der Waals surface area contributed by atoms with Crippen molar-refractivity contribution in [1.82, 2.24) is 4.90 Å². The second kappa shape index (κ2) is 5.53. The lowest BCUT2D eigenvalue weighted by atomic mass is 10.3. The SMILES string of the molecule is CCN(C(N)=O)C(=O)C(C#N)=NOC. The van der Waals surface area contributed by atoms with Crippen LogP contribution in [0.3, 0.4) is 0 Å². The molecule has 0 radical (unpaired) electrons. The molecule has 0 aliphatic rings. The summed E-state index contributed by atoms with van der Waals surface area (Å²) in [7, 11) is 1.19. The summed E-state index contributed by atoms with van der Waals surface area (Å²) in [5.41, 5.74) is 4.38. The number of amides is 3. The van der Waals surface area contributed by atoms with Crippen molar-refractivity contribution in [3.05, 3.63) is 0 Å². The van der Waals surface area contributed by atoms with Crippen LogP contribution in [-0.4, -0.2) is 36.2 Å². The Hall–Kier alpha value is -2.10. The molecule has 3 amide bonds. The summed E-state index contributed by atoms with van der Waals surface area (Å²) in [4.78, 5) is 27.0. The van der Waals surface area contributed by atoms with Gasteiger partial charge in [0.05, 0.1) is 0 Å². The van der Waals surface area contributed by atoms with E-state index < -0.39 is 17.6 Å². The van der Waals surface area contributed by atoms with Crippen LogP contribution in [0.2, 0.25) is 0 Å². The molecule has 0 aliphatic heterocycles. The third kappa shape index (κ3) is 2.75. The van der Waals surface area contributed by atoms with Crippen molar-refractivity contribution in [2.45, 2.75) is 6.92 Å². The molecule has 7 nitrogen and oxygen atoms in total. The van der Waals surface area contributed by atoms with Crippen LogP contribution in [0.15, 0.2) is 5.16 Å². The molecule has 14 heavy (non-hydrogen) atoms. The fourth-order valence-electron chi connectivity index (χ4n) is 0.726. The molecule has 0 unspecified atom stereocenters. The smallest absolute Gasteiger partial charge is 0.321 e. The highest BCUT2D eigenvalue weighted by atomic mass is 16.6. The van der Waals surface area contributed by atoms with E-state index in [1.165, 1.54) is 13.2 Å². The predicted octanol–water partition coefficient (Wildman–Crippen LogP) is -0.560. The average Bonchev–Trinajstić information content (AvgIpc) is 2.14. The van der Waals surface area contributed by atoms with Gasteiger partial charge in [0.2, 0.25) is 5.71 Å². The van der Waals surface area contributed by atoms with E-state index in [0.29, 0.717) is 4.90 Å². The van der Waals surface area contributed by atoms with Gasteiger partial charge in [-0.1, -0.05) is 5.16 Å². The Balaban J connectivity index is 4.83. The van der Waals surface area contributed by atoms with Crippen LogP contribution in [0.4, 0.5) is 4.79 Å². The third-order valence-electron chi connectivity index (χ3n) is 1.32. The second-order valence-corrected chi connectivity index (χ2v) is 2.12. The molecule has 0 aromatic heterocycles. The lowest BCUT2D eigenvalue weighted by Gasteiger charge is -2.13. The van der Waals surface area contributed by atoms with Gasteiger partial charge in [0.15, 0.2) is 0 Å². The fraction of sp³-hybridized carbons (Fsp3) is 0.429. The molecule has 0 bridgehead atoms. The molecule has 0 aromatic carbocycles. The first-order chi connectivity index (χ1) is 6.58. The van der Waals surface area contributed by atoms with Crippen molar-refractivity contribution in [2.24, 2.45) is 10.9 Å². The van der Waals surface area contributed by atoms with Gasteiger partial charge >= 0.3 is 6.03 Å². The Bertz CT molecular complexity index is 305. The van der Waals surface area contributed by atoms with E-state index in [4.69, 9.17) is 11.0 Å². The summed E-state index contributed by atoms with van der Waals surface area (Å²) >= 11 is 0. The monoisotopic (exact) mass is 198 g/mol. The van der Waals surface area contributed by atoms with E-state index in [2.05, 4.69) is 9.99 Å². The molecule has 0 aliphatic carbocycles. The van der Waals surface area contributed by atoms with Crippen LogP contribution in [0.1, 0.15) is 6.92 Å². The Labute approximate surface area is 80.7 Å². The Kier molecular flexibility index (Phi) is 4.70. The number of urea groups is 1. The second-order valence-electron chi connectivity index (χ2n) is 2.12. The predicted molar refractivity (Wildman–Crippen MR) is 47.0 cm³/mol. The number of carbonyl (C=O) groups excluding carboxylic acids is 2. The summed E-state index contributed by atoms with van der Waals surface area (Å²) in [5.74, 6) is -0.871. The molecule has 2 N–H and O–H groups in total. The molecule has 0 spiro atoms. The van der Waals surface area contributed by atoms with E-state index in [1.54, 1.807) is 6.92 Å². The van der Waals surface area contributed by atoms with Crippen molar-refractivity contribution < 1.29 is 14.4 Å². The highest BCUT2D eigenvalue weighted by Gasteiger charge is 2.22. The molecular formula is C7H10N4O3. The molecule has 0 saturated heterocycles. The van der Waals surface area contributed by atoms with Gasteiger partial charge < -0.3 is 10.6 Å². The first-order valence-corrected chi connectivity index (χ1v) is 3.71. The van der Waals surface area contributed by atoms with Crippen LogP contribution in [-0.2, 0) is 9.63 Å². The first-order valence-electron chi connectivity index (χ1n) is 3.71. The minimum atomic E-state index is -0.934. The number of imide groups is 1. The Morgan fingerprint density at radius 1 is 1.64 bits per heavy atom. The van der Waals surface area contributed by atoms with Gasteiger partial charge in [0, 0.05) is 6.54 Å². The van der Waals surface area contributed by atoms with Gasteiger partial charge in [0.25, 0.3) is 5.91 Å². The van der Waals surface area contributed by atoms with Crippen molar-refractivity contribution in [1.29, 1.82) is 5.26 Å². The van der Waals surface area contributed by atoms with Crippen LogP contribution in [0, 0.1) is 11.3 Å². The zero-order valence-electron chi connectivity index (χ0n) is 7.85. The Morgan fingerprint density at radius 3 is 2.50 bits per heavy atom. The zero-order valence-corrected chi connectivity index (χ0v) is 7.85. The highest BCUT2D eigenvalue weighted by molar-refractivity contribution is 6.46. The van der Waals surface area contributed by atoms with E-state index >= 15 is 0 Å².